The summed E-state index contributed by atoms with van der Waals surface area (Å²) in [6, 6.07) is 4.46. The van der Waals surface area contributed by atoms with Crippen LogP contribution in [-0.2, 0) is 20.0 Å². The minimum atomic E-state index is 0.251. The third-order valence-corrected chi connectivity index (χ3v) is 3.12. The lowest BCUT2D eigenvalue weighted by Crippen LogP contribution is -2.22. The maximum absolute atomic E-state index is 4.50. The van der Waals surface area contributed by atoms with Crippen molar-refractivity contribution in [1.82, 2.24) is 24.9 Å². The van der Waals surface area contributed by atoms with Gasteiger partial charge in [0.1, 0.15) is 0 Å². The van der Waals surface area contributed by atoms with Gasteiger partial charge in [0.15, 0.2) is 0 Å². The molecule has 1 atom stereocenters. The van der Waals surface area contributed by atoms with Crippen molar-refractivity contribution in [3.63, 3.8) is 0 Å². The first-order valence-electron chi connectivity index (χ1n) is 6.34. The molecule has 2 aromatic heterocycles. The van der Waals surface area contributed by atoms with Crippen molar-refractivity contribution < 1.29 is 0 Å². The average Bonchev–Trinajstić information content (AvgIpc) is 2.92. The zero-order valence-corrected chi connectivity index (χ0v) is 11.5. The van der Waals surface area contributed by atoms with Crippen molar-refractivity contribution in [3.8, 4) is 0 Å². The van der Waals surface area contributed by atoms with Gasteiger partial charge < -0.3 is 5.32 Å². The van der Waals surface area contributed by atoms with E-state index in [0.717, 1.165) is 24.4 Å². The van der Waals surface area contributed by atoms with Gasteiger partial charge in [-0.3, -0.25) is 9.36 Å². The summed E-state index contributed by atoms with van der Waals surface area (Å²) >= 11 is 0. The molecule has 18 heavy (non-hydrogen) atoms. The molecule has 0 aromatic carbocycles. The maximum Gasteiger partial charge on any atom is 0.0644 e. The largest absolute Gasteiger partial charge is 0.311 e. The molecule has 0 spiro atoms. The maximum atomic E-state index is 4.50. The number of hydrogen-bond donors (Lipinski definition) is 1. The number of aryl methyl sites for hydroxylation is 3. The molecular weight excluding hydrogens is 226 g/mol. The summed E-state index contributed by atoms with van der Waals surface area (Å²) in [4.78, 5) is 0. The highest BCUT2D eigenvalue weighted by Gasteiger charge is 2.16. The standard InChI is InChI=1S/C13H21N5/c1-5-18-13(8-10(2)15-18)12(14-3)9-11-6-7-17(4)16-11/h6-8,12,14H,5,9H2,1-4H3. The van der Waals surface area contributed by atoms with E-state index >= 15 is 0 Å². The zero-order valence-electron chi connectivity index (χ0n) is 11.5. The van der Waals surface area contributed by atoms with E-state index in [1.807, 2.05) is 31.9 Å². The van der Waals surface area contributed by atoms with Crippen molar-refractivity contribution in [2.75, 3.05) is 7.05 Å². The van der Waals surface area contributed by atoms with Gasteiger partial charge in [0.2, 0.25) is 0 Å². The van der Waals surface area contributed by atoms with Crippen molar-refractivity contribution >= 4 is 0 Å². The number of likely N-dealkylation sites (N-methyl/N-ethyl adjacent to an activating group) is 1. The molecule has 0 radical (unpaired) electrons. The molecule has 0 saturated heterocycles. The first kappa shape index (κ1) is 12.8. The van der Waals surface area contributed by atoms with Gasteiger partial charge >= 0.3 is 0 Å². The third kappa shape index (κ3) is 2.61. The molecule has 0 aliphatic heterocycles. The minimum absolute atomic E-state index is 0.251. The summed E-state index contributed by atoms with van der Waals surface area (Å²) in [6.45, 7) is 5.04. The molecule has 0 fully saturated rings. The van der Waals surface area contributed by atoms with Gasteiger partial charge in [-0.2, -0.15) is 10.2 Å². The average molecular weight is 247 g/mol. The van der Waals surface area contributed by atoms with Crippen LogP contribution in [0.4, 0.5) is 0 Å². The second kappa shape index (κ2) is 5.35. The highest BCUT2D eigenvalue weighted by atomic mass is 15.3. The van der Waals surface area contributed by atoms with Crippen LogP contribution in [0, 0.1) is 6.92 Å². The molecule has 0 saturated carbocycles. The first-order valence-corrected chi connectivity index (χ1v) is 6.34. The Morgan fingerprint density at radius 3 is 2.72 bits per heavy atom. The summed E-state index contributed by atoms with van der Waals surface area (Å²) in [5.74, 6) is 0. The van der Waals surface area contributed by atoms with Gasteiger partial charge in [0.25, 0.3) is 0 Å². The lowest BCUT2D eigenvalue weighted by Gasteiger charge is -2.16. The van der Waals surface area contributed by atoms with Crippen molar-refractivity contribution in [2.24, 2.45) is 7.05 Å². The predicted molar refractivity (Wildman–Crippen MR) is 71.4 cm³/mol. The summed E-state index contributed by atoms with van der Waals surface area (Å²) in [6.07, 6.45) is 2.85. The predicted octanol–water partition coefficient (Wildman–Crippen LogP) is 1.45. The molecule has 5 heteroatoms. The van der Waals surface area contributed by atoms with Crippen LogP contribution >= 0.6 is 0 Å². The van der Waals surface area contributed by atoms with Crippen LogP contribution in [0.3, 0.4) is 0 Å². The van der Waals surface area contributed by atoms with Crippen molar-refractivity contribution in [1.29, 1.82) is 0 Å². The smallest absolute Gasteiger partial charge is 0.0644 e. The van der Waals surface area contributed by atoms with Crippen LogP contribution in [0.2, 0.25) is 0 Å². The Bertz CT molecular complexity index is 511. The van der Waals surface area contributed by atoms with E-state index in [4.69, 9.17) is 0 Å². The Kier molecular flexibility index (Phi) is 3.81. The van der Waals surface area contributed by atoms with Crippen LogP contribution in [0.15, 0.2) is 18.3 Å². The van der Waals surface area contributed by atoms with Crippen LogP contribution in [0.25, 0.3) is 0 Å². The van der Waals surface area contributed by atoms with E-state index in [0.29, 0.717) is 0 Å². The molecule has 98 valence electrons. The fourth-order valence-corrected chi connectivity index (χ4v) is 2.23. The zero-order chi connectivity index (χ0) is 13.1. The monoisotopic (exact) mass is 247 g/mol. The number of aromatic nitrogens is 4. The molecule has 0 amide bonds. The fraction of sp³-hybridized carbons (Fsp3) is 0.538. The quantitative estimate of drug-likeness (QED) is 0.870. The van der Waals surface area contributed by atoms with Crippen LogP contribution < -0.4 is 5.32 Å². The van der Waals surface area contributed by atoms with Gasteiger partial charge in [0.05, 0.1) is 23.1 Å². The first-order chi connectivity index (χ1) is 8.63. The van der Waals surface area contributed by atoms with E-state index in [2.05, 4.69) is 39.3 Å². The van der Waals surface area contributed by atoms with E-state index in [1.165, 1.54) is 5.69 Å². The molecule has 0 aliphatic rings. The van der Waals surface area contributed by atoms with Gasteiger partial charge in [0, 0.05) is 26.2 Å². The summed E-state index contributed by atoms with van der Waals surface area (Å²) in [5, 5.41) is 12.3. The highest BCUT2D eigenvalue weighted by Crippen LogP contribution is 2.18. The Labute approximate surface area is 108 Å². The topological polar surface area (TPSA) is 47.7 Å². The molecule has 0 aliphatic carbocycles. The summed E-state index contributed by atoms with van der Waals surface area (Å²) in [5.41, 5.74) is 3.38. The molecule has 5 nitrogen and oxygen atoms in total. The third-order valence-electron chi connectivity index (χ3n) is 3.12. The summed E-state index contributed by atoms with van der Waals surface area (Å²) in [7, 11) is 3.92. The van der Waals surface area contributed by atoms with E-state index in [1.54, 1.807) is 0 Å². The van der Waals surface area contributed by atoms with E-state index in [9.17, 15) is 0 Å². The fourth-order valence-electron chi connectivity index (χ4n) is 2.23. The van der Waals surface area contributed by atoms with Gasteiger partial charge in [-0.05, 0) is 33.0 Å². The molecule has 1 unspecified atom stereocenters. The van der Waals surface area contributed by atoms with Crippen molar-refractivity contribution in [2.45, 2.75) is 32.9 Å². The van der Waals surface area contributed by atoms with Crippen LogP contribution in [0.1, 0.15) is 30.0 Å². The normalized spacial score (nSPS) is 12.9. The number of nitrogens with zero attached hydrogens (tertiary/aromatic N) is 4. The number of rotatable bonds is 5. The number of nitrogens with one attached hydrogen (secondary N) is 1. The SMILES string of the molecule is CCn1nc(C)cc1C(Cc1ccn(C)n1)NC. The van der Waals surface area contributed by atoms with Crippen LogP contribution in [0.5, 0.6) is 0 Å². The van der Waals surface area contributed by atoms with E-state index in [-0.39, 0.29) is 6.04 Å². The Morgan fingerprint density at radius 2 is 2.17 bits per heavy atom. The number of hydrogen-bond acceptors (Lipinski definition) is 3. The van der Waals surface area contributed by atoms with Crippen LogP contribution in [-0.4, -0.2) is 26.6 Å². The lowest BCUT2D eigenvalue weighted by atomic mass is 10.1. The van der Waals surface area contributed by atoms with Crippen molar-refractivity contribution in [3.05, 3.63) is 35.4 Å². The molecule has 0 bridgehead atoms. The van der Waals surface area contributed by atoms with E-state index < -0.39 is 0 Å². The second-order valence-corrected chi connectivity index (χ2v) is 4.55. The molecule has 2 aromatic rings. The Hall–Kier alpha value is -1.62. The Morgan fingerprint density at radius 1 is 1.39 bits per heavy atom. The highest BCUT2D eigenvalue weighted by molar-refractivity contribution is 5.16. The van der Waals surface area contributed by atoms with Gasteiger partial charge in [-0.1, -0.05) is 0 Å². The molecule has 1 N–H and O–H groups in total. The molecule has 2 rings (SSSR count). The van der Waals surface area contributed by atoms with Gasteiger partial charge in [-0.25, -0.2) is 0 Å². The molecule has 2 heterocycles. The summed E-state index contributed by atoms with van der Waals surface area (Å²) < 4.78 is 3.89. The lowest BCUT2D eigenvalue weighted by molar-refractivity contribution is 0.506. The Balaban J connectivity index is 2.22. The second-order valence-electron chi connectivity index (χ2n) is 4.55. The van der Waals surface area contributed by atoms with Gasteiger partial charge in [-0.15, -0.1) is 0 Å². The molecular formula is C13H21N5. The minimum Gasteiger partial charge on any atom is -0.311 e.